The lowest BCUT2D eigenvalue weighted by molar-refractivity contribution is -0.137. The number of nitrogens with one attached hydrogen (secondary N) is 1. The fraction of sp³-hybridized carbons (Fsp3) is 0.500. The predicted octanol–water partition coefficient (Wildman–Crippen LogP) is 0.548. The third-order valence-electron chi connectivity index (χ3n) is 3.83. The van der Waals surface area contributed by atoms with Crippen LogP contribution in [0.1, 0.15) is 23.2 Å². The van der Waals surface area contributed by atoms with Gasteiger partial charge in [0.1, 0.15) is 6.54 Å². The van der Waals surface area contributed by atoms with Crippen molar-refractivity contribution in [1.29, 1.82) is 0 Å². The van der Waals surface area contributed by atoms with Crippen LogP contribution in [0.2, 0.25) is 0 Å². The van der Waals surface area contributed by atoms with E-state index in [4.69, 9.17) is 9.84 Å². The van der Waals surface area contributed by atoms with Crippen molar-refractivity contribution >= 4 is 21.9 Å². The molecule has 1 amide bonds. The summed E-state index contributed by atoms with van der Waals surface area (Å²) in [5.41, 5.74) is 0.117. The van der Waals surface area contributed by atoms with Crippen LogP contribution in [0.3, 0.4) is 0 Å². The van der Waals surface area contributed by atoms with E-state index in [-0.39, 0.29) is 23.6 Å². The van der Waals surface area contributed by atoms with Gasteiger partial charge in [-0.15, -0.1) is 0 Å². The standard InChI is InChI=1S/C16H22N2O6S/c1-24-8-7-18(11-15(19)20)16(21)13-3-2-4-14(9-13)25(22,23)17-10-12-5-6-12/h2-4,9,12,17H,5-8,10-11H2,1H3,(H,19,20). The first-order valence-corrected chi connectivity index (χ1v) is 9.41. The van der Waals surface area contributed by atoms with Crippen molar-refractivity contribution in [3.63, 3.8) is 0 Å². The number of nitrogens with zero attached hydrogens (tertiary/aromatic N) is 1. The molecule has 9 heteroatoms. The number of carbonyl (C=O) groups is 2. The van der Waals surface area contributed by atoms with Crippen LogP contribution in [0, 0.1) is 5.92 Å². The zero-order valence-electron chi connectivity index (χ0n) is 14.0. The molecule has 25 heavy (non-hydrogen) atoms. The molecule has 1 saturated carbocycles. The number of rotatable bonds is 10. The lowest BCUT2D eigenvalue weighted by Gasteiger charge is -2.20. The first-order chi connectivity index (χ1) is 11.8. The van der Waals surface area contributed by atoms with Crippen LogP contribution < -0.4 is 4.72 Å². The van der Waals surface area contributed by atoms with Crippen molar-refractivity contribution in [3.05, 3.63) is 29.8 Å². The molecule has 138 valence electrons. The van der Waals surface area contributed by atoms with Gasteiger partial charge in [0.25, 0.3) is 5.91 Å². The van der Waals surface area contributed by atoms with Crippen LogP contribution in [-0.4, -0.2) is 63.7 Å². The molecule has 2 rings (SSSR count). The summed E-state index contributed by atoms with van der Waals surface area (Å²) in [6.45, 7) is 0.178. The molecule has 1 fully saturated rings. The largest absolute Gasteiger partial charge is 0.480 e. The lowest BCUT2D eigenvalue weighted by atomic mass is 10.2. The smallest absolute Gasteiger partial charge is 0.323 e. The van der Waals surface area contributed by atoms with Gasteiger partial charge in [-0.3, -0.25) is 9.59 Å². The number of methoxy groups -OCH3 is 1. The SMILES string of the molecule is COCCN(CC(=O)O)C(=O)c1cccc(S(=O)(=O)NCC2CC2)c1. The molecule has 0 saturated heterocycles. The highest BCUT2D eigenvalue weighted by Gasteiger charge is 2.25. The number of carbonyl (C=O) groups excluding carboxylic acids is 1. The van der Waals surface area contributed by atoms with E-state index in [9.17, 15) is 18.0 Å². The van der Waals surface area contributed by atoms with Crippen LogP contribution >= 0.6 is 0 Å². The molecule has 0 bridgehead atoms. The van der Waals surface area contributed by atoms with Crippen molar-refractivity contribution in [2.75, 3.05) is 33.4 Å². The second kappa shape index (κ2) is 8.41. The maximum absolute atomic E-state index is 12.5. The zero-order valence-corrected chi connectivity index (χ0v) is 14.8. The Balaban J connectivity index is 2.16. The average Bonchev–Trinajstić information content (AvgIpc) is 3.40. The summed E-state index contributed by atoms with van der Waals surface area (Å²) < 4.78 is 32.0. The predicted molar refractivity (Wildman–Crippen MR) is 89.8 cm³/mol. The van der Waals surface area contributed by atoms with Crippen molar-refractivity contribution in [2.45, 2.75) is 17.7 Å². The second-order valence-electron chi connectivity index (χ2n) is 5.94. The fourth-order valence-corrected chi connectivity index (χ4v) is 3.39. The van der Waals surface area contributed by atoms with Crippen LogP contribution in [0.4, 0.5) is 0 Å². The van der Waals surface area contributed by atoms with Gasteiger partial charge in [-0.1, -0.05) is 6.07 Å². The van der Waals surface area contributed by atoms with Crippen LogP contribution in [0.15, 0.2) is 29.2 Å². The summed E-state index contributed by atoms with van der Waals surface area (Å²) in [5.74, 6) is -1.32. The number of ether oxygens (including phenoxy) is 1. The van der Waals surface area contributed by atoms with Gasteiger partial charge in [-0.05, 0) is 37.0 Å². The number of sulfonamides is 1. The van der Waals surface area contributed by atoms with Gasteiger partial charge < -0.3 is 14.7 Å². The van der Waals surface area contributed by atoms with E-state index in [1.54, 1.807) is 0 Å². The quantitative estimate of drug-likeness (QED) is 0.622. The molecule has 0 aromatic heterocycles. The highest BCUT2D eigenvalue weighted by Crippen LogP contribution is 2.28. The molecule has 1 aliphatic rings. The number of carboxylic acid groups (broad SMARTS) is 1. The van der Waals surface area contributed by atoms with E-state index in [1.807, 2.05) is 0 Å². The summed E-state index contributed by atoms with van der Waals surface area (Å²) >= 11 is 0. The Kier molecular flexibility index (Phi) is 6.51. The highest BCUT2D eigenvalue weighted by molar-refractivity contribution is 7.89. The molecular formula is C16H22N2O6S. The van der Waals surface area contributed by atoms with Crippen LogP contribution in [0.5, 0.6) is 0 Å². The Morgan fingerprint density at radius 2 is 2.08 bits per heavy atom. The van der Waals surface area contributed by atoms with Gasteiger partial charge in [-0.25, -0.2) is 13.1 Å². The number of hydrogen-bond donors (Lipinski definition) is 2. The minimum atomic E-state index is -3.70. The minimum Gasteiger partial charge on any atom is -0.480 e. The Hall–Kier alpha value is -1.97. The van der Waals surface area contributed by atoms with Crippen molar-refractivity contribution < 1.29 is 27.9 Å². The first kappa shape index (κ1) is 19.4. The number of benzene rings is 1. The van der Waals surface area contributed by atoms with E-state index < -0.39 is 28.4 Å². The molecule has 0 unspecified atom stereocenters. The van der Waals surface area contributed by atoms with Gasteiger partial charge >= 0.3 is 5.97 Å². The monoisotopic (exact) mass is 370 g/mol. The normalized spacial score (nSPS) is 14.3. The third kappa shape index (κ3) is 5.80. The van der Waals surface area contributed by atoms with Crippen LogP contribution in [0.25, 0.3) is 0 Å². The summed E-state index contributed by atoms with van der Waals surface area (Å²) in [5, 5.41) is 8.95. The van der Waals surface area contributed by atoms with Crippen molar-refractivity contribution in [1.82, 2.24) is 9.62 Å². The molecule has 0 spiro atoms. The van der Waals surface area contributed by atoms with Gasteiger partial charge in [0.15, 0.2) is 0 Å². The maximum atomic E-state index is 12.5. The fourth-order valence-electron chi connectivity index (χ4n) is 2.23. The molecule has 1 aromatic carbocycles. The lowest BCUT2D eigenvalue weighted by Crippen LogP contribution is -2.38. The summed E-state index contributed by atoms with van der Waals surface area (Å²) in [4.78, 5) is 24.6. The van der Waals surface area contributed by atoms with Crippen molar-refractivity contribution in [2.24, 2.45) is 5.92 Å². The molecule has 2 N–H and O–H groups in total. The third-order valence-corrected chi connectivity index (χ3v) is 5.25. The van der Waals surface area contributed by atoms with Gasteiger partial charge in [0.05, 0.1) is 11.5 Å². The summed E-state index contributed by atoms with van der Waals surface area (Å²) in [6, 6.07) is 5.60. The Morgan fingerprint density at radius 3 is 2.68 bits per heavy atom. The van der Waals surface area contributed by atoms with Gasteiger partial charge in [0, 0.05) is 25.8 Å². The zero-order chi connectivity index (χ0) is 18.4. The average molecular weight is 370 g/mol. The molecule has 0 atom stereocenters. The van der Waals surface area contributed by atoms with Gasteiger partial charge in [0.2, 0.25) is 10.0 Å². The van der Waals surface area contributed by atoms with E-state index in [0.717, 1.165) is 17.7 Å². The molecule has 8 nitrogen and oxygen atoms in total. The van der Waals surface area contributed by atoms with E-state index in [1.165, 1.54) is 31.4 Å². The highest BCUT2D eigenvalue weighted by atomic mass is 32.2. The van der Waals surface area contributed by atoms with Gasteiger partial charge in [-0.2, -0.15) is 0 Å². The van der Waals surface area contributed by atoms with E-state index in [2.05, 4.69) is 4.72 Å². The summed E-state index contributed by atoms with van der Waals surface area (Å²) in [7, 11) is -2.25. The Bertz CT molecular complexity index is 730. The van der Waals surface area contributed by atoms with E-state index in [0.29, 0.717) is 12.5 Å². The number of carboxylic acids is 1. The maximum Gasteiger partial charge on any atom is 0.323 e. The summed E-state index contributed by atoms with van der Waals surface area (Å²) in [6.07, 6.45) is 2.04. The Labute approximate surface area is 146 Å². The van der Waals surface area contributed by atoms with Crippen LogP contribution in [-0.2, 0) is 19.6 Å². The van der Waals surface area contributed by atoms with Crippen molar-refractivity contribution in [3.8, 4) is 0 Å². The minimum absolute atomic E-state index is 0.0129. The molecule has 1 aromatic rings. The first-order valence-electron chi connectivity index (χ1n) is 7.93. The Morgan fingerprint density at radius 1 is 1.36 bits per heavy atom. The molecule has 1 aliphatic carbocycles. The molecule has 0 heterocycles. The number of amides is 1. The second-order valence-corrected chi connectivity index (χ2v) is 7.70. The number of aliphatic carboxylic acids is 1. The molecule has 0 aliphatic heterocycles. The molecular weight excluding hydrogens is 348 g/mol. The number of hydrogen-bond acceptors (Lipinski definition) is 5. The topological polar surface area (TPSA) is 113 Å². The molecule has 0 radical (unpaired) electrons. The van der Waals surface area contributed by atoms with E-state index >= 15 is 0 Å².